The minimum absolute atomic E-state index is 0.101. The molecule has 0 saturated carbocycles. The average Bonchev–Trinajstić information content (AvgIpc) is 2.42. The fourth-order valence-electron chi connectivity index (χ4n) is 1.52. The van der Waals surface area contributed by atoms with Gasteiger partial charge in [0.25, 0.3) is 5.91 Å². The zero-order valence-electron chi connectivity index (χ0n) is 12.1. The highest BCUT2D eigenvalue weighted by Crippen LogP contribution is 2.19. The molecule has 0 aliphatic carbocycles. The number of carboxylic acids is 1. The van der Waals surface area contributed by atoms with Crippen LogP contribution in [0.4, 0.5) is 0 Å². The topological polar surface area (TPSA) is 75.6 Å². The Labute approximate surface area is 118 Å². The molecule has 0 heterocycles. The second kappa shape index (κ2) is 7.53. The Balaban J connectivity index is 2.41. The number of carbonyl (C=O) groups excluding carboxylic acids is 1. The molecular formula is C15H21NO4. The van der Waals surface area contributed by atoms with Gasteiger partial charge in [-0.25, -0.2) is 0 Å². The molecule has 1 aromatic rings. The fraction of sp³-hybridized carbons (Fsp3) is 0.467. The lowest BCUT2D eigenvalue weighted by atomic mass is 10.0. The molecule has 0 saturated heterocycles. The molecule has 1 rings (SSSR count). The maximum Gasteiger partial charge on any atom is 0.308 e. The van der Waals surface area contributed by atoms with Crippen molar-refractivity contribution in [2.75, 3.05) is 13.2 Å². The predicted molar refractivity (Wildman–Crippen MR) is 75.8 cm³/mol. The van der Waals surface area contributed by atoms with E-state index in [9.17, 15) is 9.59 Å². The molecule has 110 valence electrons. The van der Waals surface area contributed by atoms with Crippen molar-refractivity contribution in [3.63, 3.8) is 0 Å². The Bertz CT molecular complexity index is 471. The number of nitrogens with one attached hydrogen (secondary N) is 1. The average molecular weight is 279 g/mol. The van der Waals surface area contributed by atoms with Gasteiger partial charge in [-0.15, -0.1) is 0 Å². The standard InChI is InChI=1S/C15H21NO4/c1-10(2)12-5-4-6-13(7-12)20-9-14(17)16-8-11(3)15(18)19/h4-7,10-11H,8-9H2,1-3H3,(H,16,17)(H,18,19). The van der Waals surface area contributed by atoms with E-state index in [0.29, 0.717) is 11.7 Å². The van der Waals surface area contributed by atoms with E-state index in [-0.39, 0.29) is 19.1 Å². The summed E-state index contributed by atoms with van der Waals surface area (Å²) < 4.78 is 5.39. The summed E-state index contributed by atoms with van der Waals surface area (Å²) >= 11 is 0. The second-order valence-electron chi connectivity index (χ2n) is 5.06. The summed E-state index contributed by atoms with van der Waals surface area (Å²) in [6.45, 7) is 5.69. The van der Waals surface area contributed by atoms with Crippen molar-refractivity contribution in [2.24, 2.45) is 5.92 Å². The van der Waals surface area contributed by atoms with Crippen LogP contribution in [0.5, 0.6) is 5.75 Å². The third-order valence-corrected chi connectivity index (χ3v) is 2.92. The third kappa shape index (κ3) is 5.30. The van der Waals surface area contributed by atoms with Gasteiger partial charge in [0, 0.05) is 6.54 Å². The van der Waals surface area contributed by atoms with Crippen LogP contribution < -0.4 is 10.1 Å². The van der Waals surface area contributed by atoms with Crippen LogP contribution in [-0.4, -0.2) is 30.1 Å². The summed E-state index contributed by atoms with van der Waals surface area (Å²) in [5, 5.41) is 11.2. The number of aliphatic carboxylic acids is 1. The highest BCUT2D eigenvalue weighted by atomic mass is 16.5. The molecule has 0 aliphatic rings. The smallest absolute Gasteiger partial charge is 0.308 e. The SMILES string of the molecule is CC(CNC(=O)COc1cccc(C(C)C)c1)C(=O)O. The first-order chi connectivity index (χ1) is 9.40. The molecule has 20 heavy (non-hydrogen) atoms. The Morgan fingerprint density at radius 2 is 2.00 bits per heavy atom. The summed E-state index contributed by atoms with van der Waals surface area (Å²) in [4.78, 5) is 22.1. The molecule has 1 amide bonds. The van der Waals surface area contributed by atoms with Crippen LogP contribution >= 0.6 is 0 Å². The lowest BCUT2D eigenvalue weighted by Gasteiger charge is -2.11. The molecule has 0 spiro atoms. The van der Waals surface area contributed by atoms with Crippen molar-refractivity contribution < 1.29 is 19.4 Å². The summed E-state index contributed by atoms with van der Waals surface area (Å²) in [6, 6.07) is 7.58. The molecule has 0 aliphatic heterocycles. The van der Waals surface area contributed by atoms with Gasteiger partial charge in [0.15, 0.2) is 6.61 Å². The number of hydrogen-bond donors (Lipinski definition) is 2. The lowest BCUT2D eigenvalue weighted by Crippen LogP contribution is -2.34. The summed E-state index contributed by atoms with van der Waals surface area (Å²) in [7, 11) is 0. The van der Waals surface area contributed by atoms with Gasteiger partial charge in [-0.2, -0.15) is 0 Å². The van der Waals surface area contributed by atoms with Crippen LogP contribution in [0, 0.1) is 5.92 Å². The van der Waals surface area contributed by atoms with Crippen LogP contribution in [0.2, 0.25) is 0 Å². The van der Waals surface area contributed by atoms with Gasteiger partial charge in [-0.3, -0.25) is 9.59 Å². The highest BCUT2D eigenvalue weighted by Gasteiger charge is 2.12. The maximum absolute atomic E-state index is 11.5. The van der Waals surface area contributed by atoms with Crippen LogP contribution in [0.1, 0.15) is 32.3 Å². The van der Waals surface area contributed by atoms with Gasteiger partial charge >= 0.3 is 5.97 Å². The molecular weight excluding hydrogens is 258 g/mol. The molecule has 1 atom stereocenters. The van der Waals surface area contributed by atoms with Crippen LogP contribution in [0.3, 0.4) is 0 Å². The van der Waals surface area contributed by atoms with E-state index in [1.165, 1.54) is 6.92 Å². The first kappa shape index (κ1) is 16.0. The Morgan fingerprint density at radius 3 is 2.60 bits per heavy atom. The van der Waals surface area contributed by atoms with Gasteiger partial charge < -0.3 is 15.2 Å². The van der Waals surface area contributed by atoms with Gasteiger partial charge in [-0.1, -0.05) is 32.9 Å². The quantitative estimate of drug-likeness (QED) is 0.800. The number of benzene rings is 1. The molecule has 0 bridgehead atoms. The maximum atomic E-state index is 11.5. The molecule has 5 heteroatoms. The summed E-state index contributed by atoms with van der Waals surface area (Å²) in [5.41, 5.74) is 1.14. The van der Waals surface area contributed by atoms with E-state index in [4.69, 9.17) is 9.84 Å². The summed E-state index contributed by atoms with van der Waals surface area (Å²) in [5.74, 6) is -0.839. The molecule has 0 aromatic heterocycles. The third-order valence-electron chi connectivity index (χ3n) is 2.92. The van der Waals surface area contributed by atoms with Crippen molar-refractivity contribution in [2.45, 2.75) is 26.7 Å². The Morgan fingerprint density at radius 1 is 1.30 bits per heavy atom. The number of ether oxygens (including phenoxy) is 1. The number of amides is 1. The normalized spacial score (nSPS) is 12.0. The monoisotopic (exact) mass is 279 g/mol. The number of carboxylic acid groups (broad SMARTS) is 1. The van der Waals surface area contributed by atoms with Gasteiger partial charge in [0.2, 0.25) is 0 Å². The van der Waals surface area contributed by atoms with Crippen molar-refractivity contribution >= 4 is 11.9 Å². The summed E-state index contributed by atoms with van der Waals surface area (Å²) in [6.07, 6.45) is 0. The second-order valence-corrected chi connectivity index (χ2v) is 5.06. The van der Waals surface area contributed by atoms with Crippen molar-refractivity contribution in [1.29, 1.82) is 0 Å². The molecule has 2 N–H and O–H groups in total. The molecule has 1 unspecified atom stereocenters. The van der Waals surface area contributed by atoms with E-state index >= 15 is 0 Å². The van der Waals surface area contributed by atoms with E-state index < -0.39 is 11.9 Å². The van der Waals surface area contributed by atoms with Crippen LogP contribution in [0.15, 0.2) is 24.3 Å². The fourth-order valence-corrected chi connectivity index (χ4v) is 1.52. The van der Waals surface area contributed by atoms with Gasteiger partial charge in [0.05, 0.1) is 5.92 Å². The Kier molecular flexibility index (Phi) is 6.03. The van der Waals surface area contributed by atoms with Crippen molar-refractivity contribution in [1.82, 2.24) is 5.32 Å². The van der Waals surface area contributed by atoms with E-state index in [0.717, 1.165) is 5.56 Å². The highest BCUT2D eigenvalue weighted by molar-refractivity contribution is 5.78. The molecule has 1 aromatic carbocycles. The number of carbonyl (C=O) groups is 2. The zero-order valence-corrected chi connectivity index (χ0v) is 12.1. The zero-order chi connectivity index (χ0) is 15.1. The van der Waals surface area contributed by atoms with E-state index in [1.807, 2.05) is 18.2 Å². The van der Waals surface area contributed by atoms with Crippen molar-refractivity contribution in [3.8, 4) is 5.75 Å². The van der Waals surface area contributed by atoms with Crippen molar-refractivity contribution in [3.05, 3.63) is 29.8 Å². The first-order valence-electron chi connectivity index (χ1n) is 6.62. The largest absolute Gasteiger partial charge is 0.484 e. The van der Waals surface area contributed by atoms with Crippen LogP contribution in [-0.2, 0) is 9.59 Å². The minimum atomic E-state index is -0.934. The van der Waals surface area contributed by atoms with E-state index in [1.54, 1.807) is 6.07 Å². The van der Waals surface area contributed by atoms with Crippen LogP contribution in [0.25, 0.3) is 0 Å². The van der Waals surface area contributed by atoms with Gasteiger partial charge in [-0.05, 0) is 23.6 Å². The molecule has 5 nitrogen and oxygen atoms in total. The number of hydrogen-bond acceptors (Lipinski definition) is 3. The van der Waals surface area contributed by atoms with Gasteiger partial charge in [0.1, 0.15) is 5.75 Å². The predicted octanol–water partition coefficient (Wildman–Crippen LogP) is 2.03. The molecule has 0 radical (unpaired) electrons. The molecule has 0 fully saturated rings. The lowest BCUT2D eigenvalue weighted by molar-refractivity contribution is -0.141. The van der Waals surface area contributed by atoms with E-state index in [2.05, 4.69) is 19.2 Å². The first-order valence-corrected chi connectivity index (χ1v) is 6.62. The minimum Gasteiger partial charge on any atom is -0.484 e. The Hall–Kier alpha value is -2.04. The number of rotatable bonds is 7.